The van der Waals surface area contributed by atoms with Crippen LogP contribution in [0.2, 0.25) is 0 Å². The van der Waals surface area contributed by atoms with Gasteiger partial charge in [-0.15, -0.1) is 21.5 Å². The summed E-state index contributed by atoms with van der Waals surface area (Å²) in [6, 6.07) is 0. The van der Waals surface area contributed by atoms with E-state index < -0.39 is 0 Å². The molecule has 0 fully saturated rings. The Morgan fingerprint density at radius 1 is 1.53 bits per heavy atom. The fraction of sp³-hybridized carbons (Fsp3) is 0.375. The van der Waals surface area contributed by atoms with Crippen molar-refractivity contribution in [1.29, 1.82) is 0 Å². The number of anilines is 2. The number of hydrogen-bond acceptors (Lipinski definition) is 6. The van der Waals surface area contributed by atoms with Crippen molar-refractivity contribution in [1.82, 2.24) is 19.7 Å². The number of nitrogens with two attached hydrogens (primary N) is 1. The number of nitrogen functional groups attached to an aromatic ring is 1. The van der Waals surface area contributed by atoms with E-state index in [4.69, 9.17) is 5.73 Å². The van der Waals surface area contributed by atoms with Gasteiger partial charge in [-0.2, -0.15) is 0 Å². The van der Waals surface area contributed by atoms with E-state index in [-0.39, 0.29) is 0 Å². The van der Waals surface area contributed by atoms with Crippen molar-refractivity contribution in [2.75, 3.05) is 18.1 Å². The normalized spacial score (nSPS) is 10.5. The Kier molecular flexibility index (Phi) is 2.55. The molecule has 0 unspecified atom stereocenters. The summed E-state index contributed by atoms with van der Waals surface area (Å²) < 4.78 is 1.90. The predicted molar refractivity (Wildman–Crippen MR) is 59.9 cm³/mol. The third-order valence-electron chi connectivity index (χ3n) is 2.10. The molecular formula is C8H12N6S. The first kappa shape index (κ1) is 9.91. The zero-order chi connectivity index (χ0) is 10.8. The van der Waals surface area contributed by atoms with Crippen molar-refractivity contribution >= 4 is 22.4 Å². The topological polar surface area (TPSA) is 81.7 Å². The maximum Gasteiger partial charge on any atom is 0.224 e. The molecule has 6 nitrogen and oxygen atoms in total. The first-order valence-corrected chi connectivity index (χ1v) is 5.34. The number of rotatable bonds is 3. The number of hydrogen-bond donors (Lipinski definition) is 2. The lowest BCUT2D eigenvalue weighted by Gasteiger charge is -2.00. The van der Waals surface area contributed by atoms with E-state index >= 15 is 0 Å². The molecular weight excluding hydrogens is 212 g/mol. The maximum absolute atomic E-state index is 5.55. The van der Waals surface area contributed by atoms with Gasteiger partial charge >= 0.3 is 0 Å². The van der Waals surface area contributed by atoms with E-state index in [0.717, 1.165) is 17.5 Å². The number of thiazole rings is 1. The van der Waals surface area contributed by atoms with Gasteiger partial charge in [0.25, 0.3) is 0 Å². The second-order valence-corrected chi connectivity index (χ2v) is 3.99. The van der Waals surface area contributed by atoms with Crippen molar-refractivity contribution < 1.29 is 0 Å². The molecule has 0 atom stereocenters. The molecule has 0 amide bonds. The third kappa shape index (κ3) is 1.91. The van der Waals surface area contributed by atoms with Crippen LogP contribution in [-0.2, 0) is 13.5 Å². The van der Waals surface area contributed by atoms with Gasteiger partial charge in [0.2, 0.25) is 5.95 Å². The van der Waals surface area contributed by atoms with Crippen molar-refractivity contribution in [3.63, 3.8) is 0 Å². The molecule has 0 bridgehead atoms. The summed E-state index contributed by atoms with van der Waals surface area (Å²) in [6.07, 6.45) is 0.652. The predicted octanol–water partition coefficient (Wildman–Crippen LogP) is 0.486. The summed E-state index contributed by atoms with van der Waals surface area (Å²) >= 11 is 1.44. The second-order valence-electron chi connectivity index (χ2n) is 3.10. The summed E-state index contributed by atoms with van der Waals surface area (Å²) in [4.78, 5) is 4.18. The largest absolute Gasteiger partial charge is 0.375 e. The van der Waals surface area contributed by atoms with Gasteiger partial charge in [0.05, 0.1) is 12.1 Å². The highest BCUT2D eigenvalue weighted by Gasteiger charge is 2.09. The molecule has 2 aromatic rings. The van der Waals surface area contributed by atoms with Crippen LogP contribution in [0.3, 0.4) is 0 Å². The average Bonchev–Trinajstić information content (AvgIpc) is 2.76. The van der Waals surface area contributed by atoms with E-state index in [2.05, 4.69) is 20.5 Å². The van der Waals surface area contributed by atoms with Gasteiger partial charge < -0.3 is 15.6 Å². The van der Waals surface area contributed by atoms with Crippen LogP contribution in [0.5, 0.6) is 0 Å². The highest BCUT2D eigenvalue weighted by Crippen LogP contribution is 2.15. The molecule has 2 aromatic heterocycles. The van der Waals surface area contributed by atoms with Gasteiger partial charge in [0.15, 0.2) is 5.13 Å². The number of aromatic nitrogens is 4. The van der Waals surface area contributed by atoms with Gasteiger partial charge in [-0.25, -0.2) is 4.98 Å². The summed E-state index contributed by atoms with van der Waals surface area (Å²) in [6.45, 7) is 0. The summed E-state index contributed by atoms with van der Waals surface area (Å²) in [7, 11) is 3.73. The minimum atomic E-state index is 0.584. The lowest BCUT2D eigenvalue weighted by atomic mass is 10.3. The van der Waals surface area contributed by atoms with Crippen molar-refractivity contribution in [2.45, 2.75) is 6.42 Å². The molecule has 0 saturated carbocycles. The van der Waals surface area contributed by atoms with E-state index in [9.17, 15) is 0 Å². The van der Waals surface area contributed by atoms with Gasteiger partial charge in [-0.05, 0) is 0 Å². The van der Waals surface area contributed by atoms with Crippen molar-refractivity contribution in [3.8, 4) is 0 Å². The van der Waals surface area contributed by atoms with Crippen molar-refractivity contribution in [2.24, 2.45) is 7.05 Å². The lowest BCUT2D eigenvalue weighted by molar-refractivity contribution is 0.818. The molecule has 0 aliphatic heterocycles. The third-order valence-corrected chi connectivity index (χ3v) is 2.82. The second kappa shape index (κ2) is 3.85. The lowest BCUT2D eigenvalue weighted by Crippen LogP contribution is -2.03. The van der Waals surface area contributed by atoms with Crippen LogP contribution in [0.1, 0.15) is 11.5 Å². The Balaban J connectivity index is 2.21. The van der Waals surface area contributed by atoms with Crippen LogP contribution in [0, 0.1) is 0 Å². The Bertz CT molecular complexity index is 459. The molecule has 3 N–H and O–H groups in total. The van der Waals surface area contributed by atoms with Gasteiger partial charge in [0.1, 0.15) is 5.82 Å². The van der Waals surface area contributed by atoms with Gasteiger partial charge in [-0.1, -0.05) is 0 Å². The Morgan fingerprint density at radius 2 is 2.33 bits per heavy atom. The molecule has 0 saturated heterocycles. The smallest absolute Gasteiger partial charge is 0.224 e. The standard InChI is InChI=1S/C8H12N6S/c1-10-8-13-12-6(14(8)2)3-5-4-15-7(9)11-5/h4H,3H2,1-2H3,(H2,9,11)(H,10,13). The van der Waals surface area contributed by atoms with Crippen LogP contribution in [0.4, 0.5) is 11.1 Å². The molecule has 80 valence electrons. The minimum absolute atomic E-state index is 0.584. The molecule has 0 aliphatic carbocycles. The molecule has 0 aromatic carbocycles. The highest BCUT2D eigenvalue weighted by molar-refractivity contribution is 7.13. The van der Waals surface area contributed by atoms with Gasteiger partial charge in [0, 0.05) is 19.5 Å². The molecule has 7 heteroatoms. The zero-order valence-electron chi connectivity index (χ0n) is 8.56. The highest BCUT2D eigenvalue weighted by atomic mass is 32.1. The van der Waals surface area contributed by atoms with E-state index in [1.54, 1.807) is 0 Å². The van der Waals surface area contributed by atoms with Crippen LogP contribution in [-0.4, -0.2) is 26.8 Å². The summed E-state index contributed by atoms with van der Waals surface area (Å²) in [5, 5.41) is 13.5. The molecule has 0 aliphatic rings. The van der Waals surface area contributed by atoms with Crippen LogP contribution >= 0.6 is 11.3 Å². The Hall–Kier alpha value is -1.63. The SMILES string of the molecule is CNc1nnc(Cc2csc(N)n2)n1C. The van der Waals surface area contributed by atoms with Crippen LogP contribution in [0.15, 0.2) is 5.38 Å². The summed E-state index contributed by atoms with van der Waals surface area (Å²) in [5.41, 5.74) is 6.48. The van der Waals surface area contributed by atoms with Crippen LogP contribution < -0.4 is 11.1 Å². The molecule has 15 heavy (non-hydrogen) atoms. The molecule has 2 heterocycles. The minimum Gasteiger partial charge on any atom is -0.375 e. The first-order valence-electron chi connectivity index (χ1n) is 4.46. The molecule has 2 rings (SSSR count). The fourth-order valence-electron chi connectivity index (χ4n) is 1.30. The Morgan fingerprint density at radius 3 is 2.87 bits per heavy atom. The van der Waals surface area contributed by atoms with Crippen molar-refractivity contribution in [3.05, 3.63) is 16.9 Å². The maximum atomic E-state index is 5.55. The fourth-order valence-corrected chi connectivity index (χ4v) is 1.86. The average molecular weight is 224 g/mol. The number of nitrogens with zero attached hydrogens (tertiary/aromatic N) is 4. The summed E-state index contributed by atoms with van der Waals surface area (Å²) in [5.74, 6) is 1.61. The first-order chi connectivity index (χ1) is 7.20. The van der Waals surface area contributed by atoms with Crippen LogP contribution in [0.25, 0.3) is 0 Å². The monoisotopic (exact) mass is 224 g/mol. The van der Waals surface area contributed by atoms with E-state index in [0.29, 0.717) is 11.6 Å². The quantitative estimate of drug-likeness (QED) is 0.792. The Labute approximate surface area is 91.2 Å². The zero-order valence-corrected chi connectivity index (χ0v) is 9.38. The number of nitrogens with one attached hydrogen (secondary N) is 1. The van der Waals surface area contributed by atoms with Gasteiger partial charge in [-0.3, -0.25) is 0 Å². The molecule has 0 radical (unpaired) electrons. The van der Waals surface area contributed by atoms with E-state index in [1.165, 1.54) is 11.3 Å². The molecule has 0 spiro atoms. The van der Waals surface area contributed by atoms with E-state index in [1.807, 2.05) is 24.0 Å².